The SMILES string of the molecule is NC(=O)CCOCCOCCOCCOCCNC(=O)c1ccccc1C=O. The van der Waals surface area contributed by atoms with Gasteiger partial charge >= 0.3 is 0 Å². The van der Waals surface area contributed by atoms with Crippen LogP contribution in [0.1, 0.15) is 27.1 Å². The Morgan fingerprint density at radius 2 is 1.39 bits per heavy atom. The number of aldehydes is 1. The summed E-state index contributed by atoms with van der Waals surface area (Å²) >= 11 is 0. The van der Waals surface area contributed by atoms with Gasteiger partial charge < -0.3 is 30.0 Å². The van der Waals surface area contributed by atoms with Crippen molar-refractivity contribution in [3.05, 3.63) is 35.4 Å². The van der Waals surface area contributed by atoms with Crippen molar-refractivity contribution in [1.82, 2.24) is 5.32 Å². The molecule has 0 aliphatic carbocycles. The van der Waals surface area contributed by atoms with E-state index in [9.17, 15) is 14.4 Å². The van der Waals surface area contributed by atoms with Gasteiger partial charge in [0.15, 0.2) is 6.29 Å². The second kappa shape index (κ2) is 15.7. The highest BCUT2D eigenvalue weighted by molar-refractivity contribution is 6.01. The third-order valence-electron chi connectivity index (χ3n) is 3.47. The summed E-state index contributed by atoms with van der Waals surface area (Å²) in [5.41, 5.74) is 5.68. The van der Waals surface area contributed by atoms with E-state index in [1.54, 1.807) is 24.3 Å². The van der Waals surface area contributed by atoms with Gasteiger partial charge in [0.1, 0.15) is 0 Å². The molecule has 0 aliphatic rings. The highest BCUT2D eigenvalue weighted by Gasteiger charge is 2.09. The average molecular weight is 396 g/mol. The number of nitrogens with two attached hydrogens (primary N) is 1. The van der Waals surface area contributed by atoms with Crippen LogP contribution in [0.5, 0.6) is 0 Å². The first-order valence-corrected chi connectivity index (χ1v) is 9.07. The summed E-state index contributed by atoms with van der Waals surface area (Å²) in [6.07, 6.45) is 0.863. The molecule has 1 aromatic carbocycles. The van der Waals surface area contributed by atoms with Crippen molar-refractivity contribution < 1.29 is 33.3 Å². The van der Waals surface area contributed by atoms with Crippen LogP contribution >= 0.6 is 0 Å². The Labute approximate surface area is 164 Å². The molecule has 0 atom stereocenters. The fraction of sp³-hybridized carbons (Fsp3) is 0.526. The first kappa shape index (κ1) is 23.7. The molecule has 156 valence electrons. The maximum absolute atomic E-state index is 12.0. The third-order valence-corrected chi connectivity index (χ3v) is 3.47. The zero-order valence-electron chi connectivity index (χ0n) is 15.9. The molecular weight excluding hydrogens is 368 g/mol. The van der Waals surface area contributed by atoms with Gasteiger partial charge in [-0.3, -0.25) is 14.4 Å². The standard InChI is InChI=1S/C19H28N2O7/c20-18(23)5-7-25-9-11-27-13-14-28-12-10-26-8-6-21-19(24)17-4-2-1-3-16(17)15-22/h1-4,15H,5-14H2,(H2,20,23)(H,21,24). The Kier molecular flexibility index (Phi) is 13.3. The van der Waals surface area contributed by atoms with Crippen molar-refractivity contribution in [2.24, 2.45) is 5.73 Å². The molecule has 0 radical (unpaired) electrons. The maximum atomic E-state index is 12.0. The third kappa shape index (κ3) is 11.4. The molecule has 0 unspecified atom stereocenters. The van der Waals surface area contributed by atoms with Crippen LogP contribution < -0.4 is 11.1 Å². The van der Waals surface area contributed by atoms with Gasteiger partial charge in [-0.1, -0.05) is 18.2 Å². The van der Waals surface area contributed by atoms with Crippen molar-refractivity contribution in [3.63, 3.8) is 0 Å². The van der Waals surface area contributed by atoms with Gasteiger partial charge in [0.2, 0.25) is 5.91 Å². The van der Waals surface area contributed by atoms with E-state index in [0.717, 1.165) is 0 Å². The monoisotopic (exact) mass is 396 g/mol. The van der Waals surface area contributed by atoms with Gasteiger partial charge in [-0.2, -0.15) is 0 Å². The number of primary amides is 1. The zero-order chi connectivity index (χ0) is 20.5. The summed E-state index contributed by atoms with van der Waals surface area (Å²) < 4.78 is 21.1. The van der Waals surface area contributed by atoms with Gasteiger partial charge in [0.25, 0.3) is 5.91 Å². The molecule has 0 aliphatic heterocycles. The quantitative estimate of drug-likeness (QED) is 0.284. The van der Waals surface area contributed by atoms with E-state index < -0.39 is 0 Å². The number of carbonyl (C=O) groups excluding carboxylic acids is 3. The van der Waals surface area contributed by atoms with Crippen molar-refractivity contribution in [2.45, 2.75) is 6.42 Å². The minimum atomic E-state index is -0.387. The molecule has 0 saturated heterocycles. The van der Waals surface area contributed by atoms with E-state index in [1.165, 1.54) is 0 Å². The molecule has 0 heterocycles. The van der Waals surface area contributed by atoms with Gasteiger partial charge in [-0.05, 0) is 6.07 Å². The average Bonchev–Trinajstić information content (AvgIpc) is 2.70. The lowest BCUT2D eigenvalue weighted by Gasteiger charge is -2.09. The number of ether oxygens (including phenoxy) is 4. The normalized spacial score (nSPS) is 10.6. The molecule has 0 spiro atoms. The molecular formula is C19H28N2O7. The zero-order valence-corrected chi connectivity index (χ0v) is 15.9. The van der Waals surface area contributed by atoms with Crippen LogP contribution in [0.2, 0.25) is 0 Å². The van der Waals surface area contributed by atoms with Crippen LogP contribution in [0, 0.1) is 0 Å². The number of nitrogens with one attached hydrogen (secondary N) is 1. The number of hydrogen-bond acceptors (Lipinski definition) is 7. The van der Waals surface area contributed by atoms with Crippen molar-refractivity contribution in [1.29, 1.82) is 0 Å². The summed E-state index contributed by atoms with van der Waals surface area (Å²) in [7, 11) is 0. The largest absolute Gasteiger partial charge is 0.379 e. The molecule has 0 saturated carbocycles. The summed E-state index contributed by atoms with van der Waals surface area (Å²) in [6, 6.07) is 6.60. The van der Waals surface area contributed by atoms with E-state index in [0.29, 0.717) is 76.8 Å². The summed E-state index contributed by atoms with van der Waals surface area (Å²) in [4.78, 5) is 33.4. The number of hydrogen-bond donors (Lipinski definition) is 2. The van der Waals surface area contributed by atoms with Crippen molar-refractivity contribution >= 4 is 18.1 Å². The lowest BCUT2D eigenvalue weighted by Crippen LogP contribution is -2.28. The first-order valence-electron chi connectivity index (χ1n) is 9.07. The summed E-state index contributed by atoms with van der Waals surface area (Å²) in [5, 5.41) is 2.70. The minimum absolute atomic E-state index is 0.207. The number of benzene rings is 1. The van der Waals surface area contributed by atoms with Gasteiger partial charge in [-0.15, -0.1) is 0 Å². The van der Waals surface area contributed by atoms with Crippen molar-refractivity contribution in [2.75, 3.05) is 59.4 Å². The highest BCUT2D eigenvalue weighted by Crippen LogP contribution is 2.05. The Morgan fingerprint density at radius 3 is 1.96 bits per heavy atom. The maximum Gasteiger partial charge on any atom is 0.252 e. The fourth-order valence-electron chi connectivity index (χ4n) is 2.07. The molecule has 9 nitrogen and oxygen atoms in total. The molecule has 1 rings (SSSR count). The van der Waals surface area contributed by atoms with Crippen LogP contribution in [-0.2, 0) is 23.7 Å². The Morgan fingerprint density at radius 1 is 0.857 bits per heavy atom. The van der Waals surface area contributed by atoms with Crippen LogP contribution in [0.4, 0.5) is 0 Å². The minimum Gasteiger partial charge on any atom is -0.379 e. The lowest BCUT2D eigenvalue weighted by atomic mass is 10.1. The molecule has 0 fully saturated rings. The van der Waals surface area contributed by atoms with Gasteiger partial charge in [0.05, 0.1) is 52.9 Å². The van der Waals surface area contributed by atoms with Gasteiger partial charge in [0, 0.05) is 24.1 Å². The van der Waals surface area contributed by atoms with E-state index >= 15 is 0 Å². The van der Waals surface area contributed by atoms with Gasteiger partial charge in [-0.25, -0.2) is 0 Å². The number of rotatable bonds is 17. The summed E-state index contributed by atoms with van der Waals surface area (Å²) in [5.74, 6) is -0.694. The Balaban J connectivity index is 1.88. The van der Waals surface area contributed by atoms with Crippen LogP contribution in [-0.4, -0.2) is 77.5 Å². The topological polar surface area (TPSA) is 126 Å². The molecule has 0 aromatic heterocycles. The predicted molar refractivity (Wildman–Crippen MR) is 101 cm³/mol. The molecule has 28 heavy (non-hydrogen) atoms. The lowest BCUT2D eigenvalue weighted by molar-refractivity contribution is -0.119. The highest BCUT2D eigenvalue weighted by atomic mass is 16.6. The number of carbonyl (C=O) groups is 3. The van der Waals surface area contributed by atoms with Crippen molar-refractivity contribution in [3.8, 4) is 0 Å². The molecule has 3 N–H and O–H groups in total. The second-order valence-electron chi connectivity index (χ2n) is 5.63. The molecule has 1 aromatic rings. The van der Waals surface area contributed by atoms with E-state index in [1.807, 2.05) is 0 Å². The van der Waals surface area contributed by atoms with E-state index in [2.05, 4.69) is 5.32 Å². The predicted octanol–water partition coefficient (Wildman–Crippen LogP) is 0.171. The molecule has 2 amide bonds. The number of amides is 2. The fourth-order valence-corrected chi connectivity index (χ4v) is 2.07. The first-order chi connectivity index (χ1) is 13.6. The summed E-state index contributed by atoms with van der Waals surface area (Å²) in [6.45, 7) is 3.50. The van der Waals surface area contributed by atoms with Crippen LogP contribution in [0.3, 0.4) is 0 Å². The molecule has 0 bridgehead atoms. The Hall–Kier alpha value is -2.33. The van der Waals surface area contributed by atoms with E-state index in [-0.39, 0.29) is 18.2 Å². The van der Waals surface area contributed by atoms with E-state index in [4.69, 9.17) is 24.7 Å². The second-order valence-corrected chi connectivity index (χ2v) is 5.63. The smallest absolute Gasteiger partial charge is 0.252 e. The molecule has 9 heteroatoms. The van der Waals surface area contributed by atoms with Crippen LogP contribution in [0.25, 0.3) is 0 Å². The van der Waals surface area contributed by atoms with Crippen LogP contribution in [0.15, 0.2) is 24.3 Å². The Bertz CT molecular complexity index is 595.